The highest BCUT2D eigenvalue weighted by molar-refractivity contribution is 5.56. The maximum absolute atomic E-state index is 12.4. The summed E-state index contributed by atoms with van der Waals surface area (Å²) in [4.78, 5) is 18.9. The number of aromatic amines is 1. The Morgan fingerprint density at radius 1 is 1.03 bits per heavy atom. The van der Waals surface area contributed by atoms with Gasteiger partial charge < -0.3 is 0 Å². The lowest BCUT2D eigenvalue weighted by atomic mass is 9.94. The molecule has 0 bridgehead atoms. The molecule has 5 rings (SSSR count). The van der Waals surface area contributed by atoms with Crippen LogP contribution in [0.4, 0.5) is 0 Å². The van der Waals surface area contributed by atoms with Gasteiger partial charge in [0.15, 0.2) is 0 Å². The Kier molecular flexibility index (Phi) is 5.45. The Morgan fingerprint density at radius 2 is 1.83 bits per heavy atom. The van der Waals surface area contributed by atoms with E-state index in [9.17, 15) is 4.79 Å². The summed E-state index contributed by atoms with van der Waals surface area (Å²) in [5.41, 5.74) is 5.83. The fraction of sp³-hybridized carbons (Fsp3) is 0.478. The van der Waals surface area contributed by atoms with E-state index < -0.39 is 0 Å². The number of H-pyrrole nitrogens is 1. The van der Waals surface area contributed by atoms with Crippen LogP contribution in [-0.2, 0) is 25.9 Å². The molecule has 4 heterocycles. The molecule has 0 unspecified atom stereocenters. The number of piperidine rings is 1. The van der Waals surface area contributed by atoms with Gasteiger partial charge in [0.1, 0.15) is 0 Å². The van der Waals surface area contributed by atoms with Crippen molar-refractivity contribution in [2.45, 2.75) is 51.6 Å². The lowest BCUT2D eigenvalue weighted by molar-refractivity contribution is 0.161. The van der Waals surface area contributed by atoms with Crippen molar-refractivity contribution >= 4 is 0 Å². The van der Waals surface area contributed by atoms with Crippen molar-refractivity contribution < 1.29 is 0 Å². The molecule has 1 aliphatic carbocycles. The minimum absolute atomic E-state index is 0.0293. The lowest BCUT2D eigenvalue weighted by Crippen LogP contribution is -2.36. The molecule has 0 radical (unpaired) electrons. The first-order chi connectivity index (χ1) is 14.8. The molecule has 0 aromatic carbocycles. The van der Waals surface area contributed by atoms with Crippen LogP contribution < -0.4 is 5.56 Å². The van der Waals surface area contributed by atoms with Crippen molar-refractivity contribution in [1.82, 2.24) is 29.9 Å². The van der Waals surface area contributed by atoms with Gasteiger partial charge in [-0.2, -0.15) is 10.2 Å². The molecule has 3 aromatic heterocycles. The van der Waals surface area contributed by atoms with E-state index in [1.807, 2.05) is 12.1 Å². The summed E-state index contributed by atoms with van der Waals surface area (Å²) in [6.07, 6.45) is 10.5. The highest BCUT2D eigenvalue weighted by atomic mass is 16.1. The average Bonchev–Trinajstić information content (AvgIpc) is 3.20. The number of rotatable bonds is 5. The van der Waals surface area contributed by atoms with Crippen molar-refractivity contribution in [1.29, 1.82) is 0 Å². The van der Waals surface area contributed by atoms with E-state index in [2.05, 4.69) is 25.2 Å². The number of hydrogen-bond acceptors (Lipinski definition) is 5. The Labute approximate surface area is 176 Å². The smallest absolute Gasteiger partial charge is 0.266 e. The Bertz CT molecular complexity index is 1050. The van der Waals surface area contributed by atoms with Crippen LogP contribution in [0.25, 0.3) is 11.3 Å². The fourth-order valence-corrected chi connectivity index (χ4v) is 4.72. The fourth-order valence-electron chi connectivity index (χ4n) is 4.72. The van der Waals surface area contributed by atoms with Crippen LogP contribution >= 0.6 is 0 Å². The van der Waals surface area contributed by atoms with E-state index in [4.69, 9.17) is 0 Å². The minimum atomic E-state index is -0.0293. The van der Waals surface area contributed by atoms with Crippen LogP contribution in [0, 0.1) is 5.92 Å². The number of pyridine rings is 1. The van der Waals surface area contributed by atoms with E-state index in [1.54, 1.807) is 29.2 Å². The topological polar surface area (TPSA) is 79.7 Å². The third kappa shape index (κ3) is 4.07. The maximum Gasteiger partial charge on any atom is 0.266 e. The summed E-state index contributed by atoms with van der Waals surface area (Å²) in [5, 5.41) is 12.5. The molecule has 7 nitrogen and oxygen atoms in total. The molecule has 1 saturated heterocycles. The summed E-state index contributed by atoms with van der Waals surface area (Å²) in [6, 6.07) is 7.26. The second-order valence-corrected chi connectivity index (χ2v) is 8.53. The molecule has 2 aliphatic rings. The van der Waals surface area contributed by atoms with Crippen molar-refractivity contribution in [2.75, 3.05) is 13.1 Å². The molecule has 0 amide bonds. The molecule has 1 N–H and O–H groups in total. The highest BCUT2D eigenvalue weighted by Gasteiger charge is 2.23. The summed E-state index contributed by atoms with van der Waals surface area (Å²) >= 11 is 0. The summed E-state index contributed by atoms with van der Waals surface area (Å²) in [7, 11) is 0. The standard InChI is InChI=1S/C23H28N6O/c30-23-6-5-20(18-7-11-24-12-8-18)27-29(23)15-17-9-13-28(14-10-17)16-22-19-3-1-2-4-21(19)25-26-22/h5-8,11-12,17H,1-4,9-10,13-16H2,(H,25,26). The van der Waals surface area contributed by atoms with Gasteiger partial charge in [-0.1, -0.05) is 0 Å². The number of likely N-dealkylation sites (tertiary alicyclic amines) is 1. The number of nitrogens with zero attached hydrogens (tertiary/aromatic N) is 5. The normalized spacial score (nSPS) is 17.7. The van der Waals surface area contributed by atoms with Gasteiger partial charge in [0, 0.05) is 42.8 Å². The molecular weight excluding hydrogens is 376 g/mol. The zero-order chi connectivity index (χ0) is 20.3. The van der Waals surface area contributed by atoms with Crippen LogP contribution in [0.5, 0.6) is 0 Å². The van der Waals surface area contributed by atoms with Gasteiger partial charge in [-0.3, -0.25) is 19.8 Å². The lowest BCUT2D eigenvalue weighted by Gasteiger charge is -2.31. The molecular formula is C23H28N6O. The molecule has 30 heavy (non-hydrogen) atoms. The summed E-state index contributed by atoms with van der Waals surface area (Å²) < 4.78 is 1.64. The zero-order valence-corrected chi connectivity index (χ0v) is 17.3. The van der Waals surface area contributed by atoms with Gasteiger partial charge in [0.2, 0.25) is 0 Å². The van der Waals surface area contributed by atoms with E-state index in [0.29, 0.717) is 12.5 Å². The monoisotopic (exact) mass is 404 g/mol. The predicted molar refractivity (Wildman–Crippen MR) is 115 cm³/mol. The first-order valence-electron chi connectivity index (χ1n) is 11.0. The van der Waals surface area contributed by atoms with E-state index in [-0.39, 0.29) is 5.56 Å². The highest BCUT2D eigenvalue weighted by Crippen LogP contribution is 2.25. The number of aryl methyl sites for hydroxylation is 1. The molecule has 0 atom stereocenters. The summed E-state index contributed by atoms with van der Waals surface area (Å²) in [6.45, 7) is 3.72. The van der Waals surface area contributed by atoms with Crippen molar-refractivity contribution in [2.24, 2.45) is 5.92 Å². The van der Waals surface area contributed by atoms with Crippen LogP contribution in [0.15, 0.2) is 41.5 Å². The van der Waals surface area contributed by atoms with Crippen LogP contribution in [0.3, 0.4) is 0 Å². The van der Waals surface area contributed by atoms with Gasteiger partial charge in [-0.15, -0.1) is 0 Å². The Balaban J connectivity index is 1.20. The minimum Gasteiger partial charge on any atom is -0.297 e. The first kappa shape index (κ1) is 19.2. The maximum atomic E-state index is 12.4. The molecule has 7 heteroatoms. The quantitative estimate of drug-likeness (QED) is 0.707. The van der Waals surface area contributed by atoms with Crippen molar-refractivity contribution in [3.05, 3.63) is 64.0 Å². The van der Waals surface area contributed by atoms with Crippen molar-refractivity contribution in [3.63, 3.8) is 0 Å². The molecule has 3 aromatic rings. The van der Waals surface area contributed by atoms with E-state index in [1.165, 1.54) is 36.2 Å². The van der Waals surface area contributed by atoms with Gasteiger partial charge in [-0.25, -0.2) is 4.68 Å². The zero-order valence-electron chi connectivity index (χ0n) is 17.3. The summed E-state index contributed by atoms with van der Waals surface area (Å²) in [5.74, 6) is 0.479. The molecule has 1 aliphatic heterocycles. The molecule has 156 valence electrons. The number of hydrogen-bond donors (Lipinski definition) is 1. The third-order valence-corrected chi connectivity index (χ3v) is 6.50. The van der Waals surface area contributed by atoms with E-state index >= 15 is 0 Å². The largest absolute Gasteiger partial charge is 0.297 e. The SMILES string of the molecule is O=c1ccc(-c2ccncc2)nn1CC1CCN(Cc2n[nH]c3c2CCCC3)CC1. The second-order valence-electron chi connectivity index (χ2n) is 8.53. The van der Waals surface area contributed by atoms with Crippen molar-refractivity contribution in [3.8, 4) is 11.3 Å². The second kappa shape index (κ2) is 8.52. The molecule has 0 spiro atoms. The molecule has 1 fully saturated rings. The number of nitrogens with one attached hydrogen (secondary N) is 1. The predicted octanol–water partition coefficient (Wildman–Crippen LogP) is 2.82. The first-order valence-corrected chi connectivity index (χ1v) is 11.0. The molecule has 0 saturated carbocycles. The van der Waals surface area contributed by atoms with Gasteiger partial charge in [0.05, 0.1) is 11.4 Å². The number of aromatic nitrogens is 5. The Morgan fingerprint density at radius 3 is 2.67 bits per heavy atom. The number of fused-ring (bicyclic) bond motifs is 1. The van der Waals surface area contributed by atoms with Gasteiger partial charge in [0.25, 0.3) is 5.56 Å². The van der Waals surface area contributed by atoms with E-state index in [0.717, 1.165) is 50.2 Å². The van der Waals surface area contributed by atoms with Crippen LogP contribution in [-0.4, -0.2) is 43.0 Å². The van der Waals surface area contributed by atoms with Crippen LogP contribution in [0.2, 0.25) is 0 Å². The average molecular weight is 405 g/mol. The van der Waals surface area contributed by atoms with Gasteiger partial charge >= 0.3 is 0 Å². The Hall–Kier alpha value is -2.80. The third-order valence-electron chi connectivity index (χ3n) is 6.50. The van der Waals surface area contributed by atoms with Gasteiger partial charge in [-0.05, 0) is 81.3 Å². The van der Waals surface area contributed by atoms with Crippen LogP contribution in [0.1, 0.15) is 42.6 Å².